The Morgan fingerprint density at radius 3 is 3.07 bits per heavy atom. The molecule has 3 N–H and O–H groups in total. The van der Waals surface area contributed by atoms with Gasteiger partial charge in [0.05, 0.1) is 0 Å². The zero-order valence-corrected chi connectivity index (χ0v) is 9.34. The summed E-state index contributed by atoms with van der Waals surface area (Å²) < 4.78 is 0. The summed E-state index contributed by atoms with van der Waals surface area (Å²) in [5, 5.41) is 3.20. The summed E-state index contributed by atoms with van der Waals surface area (Å²) in [6.07, 6.45) is 4.86. The summed E-state index contributed by atoms with van der Waals surface area (Å²) in [5.41, 5.74) is 5.54. The Kier molecular flexibility index (Phi) is 4.52. The van der Waals surface area contributed by atoms with Crippen LogP contribution in [0.4, 0.5) is 11.8 Å². The first kappa shape index (κ1) is 11.1. The number of aromatic nitrogens is 2. The molecule has 4 nitrogen and oxygen atoms in total. The summed E-state index contributed by atoms with van der Waals surface area (Å²) in [4.78, 5) is 8.15. The third kappa shape index (κ3) is 3.83. The van der Waals surface area contributed by atoms with Crippen molar-refractivity contribution >= 4 is 23.5 Å². The number of nitrogens with two attached hydrogens (primary N) is 1. The van der Waals surface area contributed by atoms with Crippen LogP contribution in [0.5, 0.6) is 0 Å². The molecule has 1 unspecified atom stereocenters. The predicted octanol–water partition coefficient (Wildman–Crippen LogP) is 1.61. The Balaban J connectivity index is 2.43. The highest BCUT2D eigenvalue weighted by atomic mass is 32.2. The maximum Gasteiger partial charge on any atom is 0.224 e. The first-order valence-corrected chi connectivity index (χ1v) is 5.95. The minimum absolute atomic E-state index is 0.379. The summed E-state index contributed by atoms with van der Waals surface area (Å²) in [6, 6.07) is 2.06. The van der Waals surface area contributed by atoms with Gasteiger partial charge in [0.25, 0.3) is 0 Å². The van der Waals surface area contributed by atoms with Crippen molar-refractivity contribution in [2.75, 3.05) is 23.1 Å². The van der Waals surface area contributed by atoms with Crippen molar-refractivity contribution in [2.45, 2.75) is 19.4 Å². The lowest BCUT2D eigenvalue weighted by Gasteiger charge is -2.12. The van der Waals surface area contributed by atoms with Gasteiger partial charge in [-0.1, -0.05) is 0 Å². The van der Waals surface area contributed by atoms with E-state index in [9.17, 15) is 0 Å². The van der Waals surface area contributed by atoms with Gasteiger partial charge in [0.1, 0.15) is 5.82 Å². The second-order valence-corrected chi connectivity index (χ2v) is 4.12. The third-order valence-corrected chi connectivity index (χ3v) is 2.45. The van der Waals surface area contributed by atoms with E-state index in [-0.39, 0.29) is 0 Å². The summed E-state index contributed by atoms with van der Waals surface area (Å²) in [7, 11) is 0. The first-order chi connectivity index (χ1) is 6.72. The molecule has 0 fully saturated rings. The molecule has 0 aliphatic rings. The molecule has 0 aliphatic carbocycles. The number of hydrogen-bond donors (Lipinski definition) is 2. The smallest absolute Gasteiger partial charge is 0.224 e. The maximum atomic E-state index is 5.54. The Bertz CT molecular complexity index is 279. The molecule has 1 atom stereocenters. The zero-order chi connectivity index (χ0) is 10.4. The van der Waals surface area contributed by atoms with Crippen LogP contribution in [0, 0.1) is 0 Å². The van der Waals surface area contributed by atoms with E-state index in [0.29, 0.717) is 17.8 Å². The average molecular weight is 212 g/mol. The van der Waals surface area contributed by atoms with E-state index in [0.717, 1.165) is 12.2 Å². The van der Waals surface area contributed by atoms with Crippen molar-refractivity contribution in [3.8, 4) is 0 Å². The second-order valence-electron chi connectivity index (χ2n) is 3.13. The van der Waals surface area contributed by atoms with Crippen LogP contribution < -0.4 is 11.1 Å². The van der Waals surface area contributed by atoms with Crippen LogP contribution in [-0.2, 0) is 0 Å². The summed E-state index contributed by atoms with van der Waals surface area (Å²) >= 11 is 1.84. The molecule has 0 spiro atoms. The fourth-order valence-corrected chi connectivity index (χ4v) is 1.62. The van der Waals surface area contributed by atoms with Crippen LogP contribution in [0.3, 0.4) is 0 Å². The largest absolute Gasteiger partial charge is 0.384 e. The van der Waals surface area contributed by atoms with Crippen molar-refractivity contribution in [3.63, 3.8) is 0 Å². The van der Waals surface area contributed by atoms with Crippen molar-refractivity contribution in [1.29, 1.82) is 0 Å². The Hall–Kier alpha value is -0.970. The number of nitrogens with one attached hydrogen (secondary N) is 1. The highest BCUT2D eigenvalue weighted by Gasteiger charge is 2.03. The summed E-state index contributed by atoms with van der Waals surface area (Å²) in [5.74, 6) is 2.24. The van der Waals surface area contributed by atoms with E-state index in [4.69, 9.17) is 5.73 Å². The molecule has 0 radical (unpaired) electrons. The quantitative estimate of drug-likeness (QED) is 0.776. The predicted molar refractivity (Wildman–Crippen MR) is 62.5 cm³/mol. The van der Waals surface area contributed by atoms with Crippen molar-refractivity contribution < 1.29 is 0 Å². The Morgan fingerprint density at radius 2 is 2.43 bits per heavy atom. The number of nitrogen functional groups attached to an aromatic ring is 1. The van der Waals surface area contributed by atoms with Gasteiger partial charge in [-0.25, -0.2) is 4.98 Å². The average Bonchev–Trinajstić information content (AvgIpc) is 2.15. The lowest BCUT2D eigenvalue weighted by Crippen LogP contribution is -2.18. The molecule has 0 amide bonds. The van der Waals surface area contributed by atoms with Gasteiger partial charge in [-0.15, -0.1) is 0 Å². The third-order valence-electron chi connectivity index (χ3n) is 1.81. The van der Waals surface area contributed by atoms with Gasteiger partial charge >= 0.3 is 0 Å². The highest BCUT2D eigenvalue weighted by Crippen LogP contribution is 2.07. The van der Waals surface area contributed by atoms with Gasteiger partial charge in [-0.05, 0) is 31.4 Å². The Labute approximate surface area is 88.7 Å². The van der Waals surface area contributed by atoms with Gasteiger partial charge in [-0.2, -0.15) is 16.7 Å². The molecule has 1 heterocycles. The van der Waals surface area contributed by atoms with Gasteiger partial charge in [0, 0.05) is 12.2 Å². The van der Waals surface area contributed by atoms with Crippen molar-refractivity contribution in [1.82, 2.24) is 9.97 Å². The van der Waals surface area contributed by atoms with E-state index < -0.39 is 0 Å². The van der Waals surface area contributed by atoms with E-state index in [1.165, 1.54) is 0 Å². The number of nitrogens with zero attached hydrogens (tertiary/aromatic N) is 2. The molecule has 14 heavy (non-hydrogen) atoms. The normalized spacial score (nSPS) is 12.4. The number of hydrogen-bond acceptors (Lipinski definition) is 5. The second kappa shape index (κ2) is 5.70. The van der Waals surface area contributed by atoms with Crippen LogP contribution >= 0.6 is 11.8 Å². The number of rotatable bonds is 5. The molecule has 1 aromatic heterocycles. The molecule has 0 aromatic carbocycles. The molecule has 5 heteroatoms. The molecule has 1 aromatic rings. The lowest BCUT2D eigenvalue weighted by molar-refractivity contribution is 0.760. The van der Waals surface area contributed by atoms with Crippen molar-refractivity contribution in [2.24, 2.45) is 0 Å². The minimum atomic E-state index is 0.379. The Morgan fingerprint density at radius 1 is 1.64 bits per heavy atom. The minimum Gasteiger partial charge on any atom is -0.384 e. The number of thioether (sulfide) groups is 1. The fraction of sp³-hybridized carbons (Fsp3) is 0.556. The molecule has 0 saturated heterocycles. The van der Waals surface area contributed by atoms with Crippen molar-refractivity contribution in [3.05, 3.63) is 12.3 Å². The van der Waals surface area contributed by atoms with Gasteiger partial charge < -0.3 is 11.1 Å². The molecule has 0 aliphatic heterocycles. The number of anilines is 2. The standard InChI is InChI=1S/C9H16N4S/c1-7(4-6-14-2)12-9-11-5-3-8(10)13-9/h3,5,7H,4,6H2,1-2H3,(H3,10,11,12,13). The van der Waals surface area contributed by atoms with Crippen LogP contribution in [0.15, 0.2) is 12.3 Å². The van der Waals surface area contributed by atoms with Crippen LogP contribution in [0.2, 0.25) is 0 Å². The molecular formula is C9H16N4S. The maximum absolute atomic E-state index is 5.54. The van der Waals surface area contributed by atoms with Crippen LogP contribution in [-0.4, -0.2) is 28.0 Å². The fourth-order valence-electron chi connectivity index (χ4n) is 1.03. The van der Waals surface area contributed by atoms with E-state index in [2.05, 4.69) is 28.5 Å². The molecule has 1 rings (SSSR count). The van der Waals surface area contributed by atoms with Gasteiger partial charge in [-0.3, -0.25) is 0 Å². The topological polar surface area (TPSA) is 63.8 Å². The van der Waals surface area contributed by atoms with E-state index in [1.54, 1.807) is 12.3 Å². The molecular weight excluding hydrogens is 196 g/mol. The summed E-state index contributed by atoms with van der Waals surface area (Å²) in [6.45, 7) is 2.11. The highest BCUT2D eigenvalue weighted by molar-refractivity contribution is 7.98. The van der Waals surface area contributed by atoms with E-state index in [1.807, 2.05) is 11.8 Å². The zero-order valence-electron chi connectivity index (χ0n) is 8.53. The SMILES string of the molecule is CSCCC(C)Nc1nccc(N)n1. The first-order valence-electron chi connectivity index (χ1n) is 4.56. The molecule has 78 valence electrons. The van der Waals surface area contributed by atoms with Gasteiger partial charge in [0.2, 0.25) is 5.95 Å². The van der Waals surface area contributed by atoms with Crippen LogP contribution in [0.1, 0.15) is 13.3 Å². The lowest BCUT2D eigenvalue weighted by atomic mass is 10.3. The van der Waals surface area contributed by atoms with E-state index >= 15 is 0 Å². The molecule has 0 bridgehead atoms. The van der Waals surface area contributed by atoms with Gasteiger partial charge in [0.15, 0.2) is 0 Å². The van der Waals surface area contributed by atoms with Crippen LogP contribution in [0.25, 0.3) is 0 Å². The molecule has 0 saturated carbocycles. The monoisotopic (exact) mass is 212 g/mol.